The van der Waals surface area contributed by atoms with Crippen LogP contribution in [0.2, 0.25) is 0 Å². The highest BCUT2D eigenvalue weighted by molar-refractivity contribution is 7.89. The Morgan fingerprint density at radius 1 is 1.19 bits per heavy atom. The van der Waals surface area contributed by atoms with Crippen LogP contribution in [-0.4, -0.2) is 44.5 Å². The van der Waals surface area contributed by atoms with E-state index >= 15 is 0 Å². The summed E-state index contributed by atoms with van der Waals surface area (Å²) in [6.07, 6.45) is 6.23. The molecule has 21 heavy (non-hydrogen) atoms. The van der Waals surface area contributed by atoms with Crippen LogP contribution in [0.15, 0.2) is 0 Å². The van der Waals surface area contributed by atoms with Gasteiger partial charge in [0.15, 0.2) is 0 Å². The molecule has 0 bridgehead atoms. The molecule has 0 amide bonds. The molecule has 1 unspecified atom stereocenters. The van der Waals surface area contributed by atoms with Crippen molar-refractivity contribution in [1.82, 2.24) is 4.72 Å². The minimum Gasteiger partial charge on any atom is -0.481 e. The summed E-state index contributed by atoms with van der Waals surface area (Å²) in [5, 5.41) is 9.54. The normalized spacial score (nSPS) is 26.4. The van der Waals surface area contributed by atoms with Gasteiger partial charge in [0.25, 0.3) is 0 Å². The first-order valence-electron chi connectivity index (χ1n) is 7.76. The van der Waals surface area contributed by atoms with Gasteiger partial charge in [0, 0.05) is 13.2 Å². The van der Waals surface area contributed by atoms with Crippen LogP contribution in [0.1, 0.15) is 51.4 Å². The number of carbonyl (C=O) groups is 1. The van der Waals surface area contributed by atoms with Gasteiger partial charge in [-0.05, 0) is 25.7 Å². The number of rotatable bonds is 6. The zero-order valence-corrected chi connectivity index (χ0v) is 13.2. The Kier molecular flexibility index (Phi) is 5.62. The van der Waals surface area contributed by atoms with E-state index in [0.717, 1.165) is 38.5 Å². The molecule has 1 saturated carbocycles. The molecule has 1 aliphatic carbocycles. The molecule has 2 rings (SSSR count). The molecule has 0 radical (unpaired) electrons. The number of aliphatic carboxylic acids is 1. The van der Waals surface area contributed by atoms with Crippen LogP contribution >= 0.6 is 0 Å². The summed E-state index contributed by atoms with van der Waals surface area (Å²) in [6.45, 7) is 0.608. The topological polar surface area (TPSA) is 92.7 Å². The second kappa shape index (κ2) is 7.07. The number of sulfonamides is 1. The quantitative estimate of drug-likeness (QED) is 0.724. The average Bonchev–Trinajstić information content (AvgIpc) is 2.78. The molecule has 2 aliphatic rings. The van der Waals surface area contributed by atoms with Crippen molar-refractivity contribution in [1.29, 1.82) is 0 Å². The van der Waals surface area contributed by atoms with E-state index < -0.39 is 21.4 Å². The number of ether oxygens (including phenoxy) is 1. The third-order valence-corrected chi connectivity index (χ3v) is 5.97. The first kappa shape index (κ1) is 16.7. The van der Waals surface area contributed by atoms with E-state index in [2.05, 4.69) is 4.72 Å². The SMILES string of the molecule is O=C(O)C1(CNS(=O)(=O)CC2CCCO2)CCCCCC1. The van der Waals surface area contributed by atoms with Crippen LogP contribution in [0.4, 0.5) is 0 Å². The van der Waals surface area contributed by atoms with Gasteiger partial charge in [-0.15, -0.1) is 0 Å². The van der Waals surface area contributed by atoms with Crippen molar-refractivity contribution in [3.8, 4) is 0 Å². The van der Waals surface area contributed by atoms with E-state index in [9.17, 15) is 18.3 Å². The van der Waals surface area contributed by atoms with E-state index in [1.807, 2.05) is 0 Å². The van der Waals surface area contributed by atoms with Crippen LogP contribution < -0.4 is 4.72 Å². The van der Waals surface area contributed by atoms with E-state index in [1.54, 1.807) is 0 Å². The lowest BCUT2D eigenvalue weighted by Crippen LogP contribution is -2.44. The predicted octanol–water partition coefficient (Wildman–Crippen LogP) is 1.51. The first-order chi connectivity index (χ1) is 9.94. The molecule has 1 atom stereocenters. The second-order valence-corrected chi connectivity index (χ2v) is 8.09. The fraction of sp³-hybridized carbons (Fsp3) is 0.929. The van der Waals surface area contributed by atoms with Crippen LogP contribution in [0.25, 0.3) is 0 Å². The third-order valence-electron chi connectivity index (χ3n) is 4.57. The molecule has 0 aromatic heterocycles. The molecule has 2 N–H and O–H groups in total. The van der Waals surface area contributed by atoms with E-state index in [1.165, 1.54) is 0 Å². The van der Waals surface area contributed by atoms with E-state index in [0.29, 0.717) is 19.4 Å². The van der Waals surface area contributed by atoms with E-state index in [4.69, 9.17) is 4.74 Å². The third kappa shape index (κ3) is 4.66. The molecule has 2 fully saturated rings. The molecule has 6 nitrogen and oxygen atoms in total. The number of hydrogen-bond acceptors (Lipinski definition) is 4. The van der Waals surface area contributed by atoms with Gasteiger partial charge in [0.1, 0.15) is 0 Å². The van der Waals surface area contributed by atoms with Gasteiger partial charge in [0.05, 0.1) is 17.3 Å². The van der Waals surface area contributed by atoms with Crippen molar-refractivity contribution >= 4 is 16.0 Å². The molecule has 1 saturated heterocycles. The standard InChI is InChI=1S/C14H25NO5S/c16-13(17)14(7-3-1-2-4-8-14)11-15-21(18,19)10-12-6-5-9-20-12/h12,15H,1-11H2,(H,16,17). The molecule has 0 aromatic rings. The molecule has 7 heteroatoms. The lowest BCUT2D eigenvalue weighted by Gasteiger charge is -2.28. The molecule has 0 aromatic carbocycles. The number of hydrogen-bond donors (Lipinski definition) is 2. The summed E-state index contributed by atoms with van der Waals surface area (Å²) in [4.78, 5) is 11.6. The van der Waals surface area contributed by atoms with E-state index in [-0.39, 0.29) is 18.4 Å². The van der Waals surface area contributed by atoms with Crippen molar-refractivity contribution in [2.45, 2.75) is 57.5 Å². The Hall–Kier alpha value is -0.660. The minimum atomic E-state index is -3.49. The monoisotopic (exact) mass is 319 g/mol. The summed E-state index contributed by atoms with van der Waals surface area (Å²) in [5.74, 6) is -0.952. The van der Waals surface area contributed by atoms with Gasteiger partial charge in [-0.3, -0.25) is 4.79 Å². The molecule has 0 spiro atoms. The molecule has 1 heterocycles. The van der Waals surface area contributed by atoms with Gasteiger partial charge in [-0.1, -0.05) is 25.7 Å². The second-order valence-electron chi connectivity index (χ2n) is 6.24. The Morgan fingerprint density at radius 3 is 2.38 bits per heavy atom. The summed E-state index contributed by atoms with van der Waals surface area (Å²) < 4.78 is 32.0. The highest BCUT2D eigenvalue weighted by atomic mass is 32.2. The maximum absolute atomic E-state index is 12.1. The van der Waals surface area contributed by atoms with Gasteiger partial charge < -0.3 is 9.84 Å². The summed E-state index contributed by atoms with van der Waals surface area (Å²) in [7, 11) is -3.49. The highest BCUT2D eigenvalue weighted by Gasteiger charge is 2.39. The van der Waals surface area contributed by atoms with Crippen molar-refractivity contribution in [2.24, 2.45) is 5.41 Å². The van der Waals surface area contributed by atoms with Crippen molar-refractivity contribution in [3.63, 3.8) is 0 Å². The average molecular weight is 319 g/mol. The first-order valence-corrected chi connectivity index (χ1v) is 9.41. The van der Waals surface area contributed by atoms with Crippen LogP contribution in [0.5, 0.6) is 0 Å². The summed E-state index contributed by atoms with van der Waals surface area (Å²) >= 11 is 0. The fourth-order valence-electron chi connectivity index (χ4n) is 3.20. The largest absolute Gasteiger partial charge is 0.481 e. The lowest BCUT2D eigenvalue weighted by molar-refractivity contribution is -0.149. The molecule has 122 valence electrons. The number of carboxylic acids is 1. The molecular weight excluding hydrogens is 294 g/mol. The Morgan fingerprint density at radius 2 is 1.86 bits per heavy atom. The van der Waals surface area contributed by atoms with Gasteiger partial charge in [-0.2, -0.15) is 0 Å². The van der Waals surface area contributed by atoms with Crippen LogP contribution in [0, 0.1) is 5.41 Å². The number of nitrogens with one attached hydrogen (secondary N) is 1. The predicted molar refractivity (Wildman–Crippen MR) is 78.5 cm³/mol. The fourth-order valence-corrected chi connectivity index (χ4v) is 4.57. The van der Waals surface area contributed by atoms with Crippen molar-refractivity contribution in [2.75, 3.05) is 18.9 Å². The molecule has 1 aliphatic heterocycles. The minimum absolute atomic E-state index is 0.00259. The Bertz CT molecular complexity index is 448. The summed E-state index contributed by atoms with van der Waals surface area (Å²) in [6, 6.07) is 0. The van der Waals surface area contributed by atoms with Gasteiger partial charge in [-0.25, -0.2) is 13.1 Å². The summed E-state index contributed by atoms with van der Waals surface area (Å²) in [5.41, 5.74) is -0.944. The lowest BCUT2D eigenvalue weighted by atomic mass is 9.80. The maximum atomic E-state index is 12.1. The zero-order chi connectivity index (χ0) is 15.3. The molecular formula is C14H25NO5S. The van der Waals surface area contributed by atoms with Gasteiger partial charge >= 0.3 is 5.97 Å². The Balaban J connectivity index is 1.95. The van der Waals surface area contributed by atoms with Crippen LogP contribution in [-0.2, 0) is 19.6 Å². The zero-order valence-electron chi connectivity index (χ0n) is 12.3. The highest BCUT2D eigenvalue weighted by Crippen LogP contribution is 2.35. The maximum Gasteiger partial charge on any atom is 0.310 e. The number of carboxylic acid groups (broad SMARTS) is 1. The van der Waals surface area contributed by atoms with Crippen molar-refractivity contribution in [3.05, 3.63) is 0 Å². The van der Waals surface area contributed by atoms with Crippen LogP contribution in [0.3, 0.4) is 0 Å². The van der Waals surface area contributed by atoms with Crippen molar-refractivity contribution < 1.29 is 23.1 Å². The smallest absolute Gasteiger partial charge is 0.310 e. The Labute approximate surface area is 126 Å². The van der Waals surface area contributed by atoms with Gasteiger partial charge in [0.2, 0.25) is 10.0 Å².